The standard InChI is InChI=1S/C17H27Br2N/c1-4-10-17(13-18,11-5-2)14-20(3)12-15-6-8-16(19)9-7-15/h6-9H,4-5,10-14H2,1-3H3. The summed E-state index contributed by atoms with van der Waals surface area (Å²) in [6, 6.07) is 8.66. The molecule has 0 aliphatic heterocycles. The van der Waals surface area contributed by atoms with Crippen LogP contribution in [-0.4, -0.2) is 23.8 Å². The summed E-state index contributed by atoms with van der Waals surface area (Å²) < 4.78 is 1.15. The quantitative estimate of drug-likeness (QED) is 0.465. The van der Waals surface area contributed by atoms with Gasteiger partial charge in [0.25, 0.3) is 0 Å². The third-order valence-corrected chi connectivity index (χ3v) is 5.53. The van der Waals surface area contributed by atoms with Crippen LogP contribution in [-0.2, 0) is 6.54 Å². The summed E-state index contributed by atoms with van der Waals surface area (Å²) in [5, 5.41) is 1.10. The first kappa shape index (κ1) is 18.2. The molecule has 1 aromatic rings. The molecule has 20 heavy (non-hydrogen) atoms. The predicted molar refractivity (Wildman–Crippen MR) is 96.5 cm³/mol. The SMILES string of the molecule is CCCC(CBr)(CCC)CN(C)Cc1ccc(Br)cc1. The maximum atomic E-state index is 3.77. The van der Waals surface area contributed by atoms with E-state index in [0.717, 1.165) is 22.9 Å². The maximum Gasteiger partial charge on any atom is 0.0230 e. The summed E-state index contributed by atoms with van der Waals surface area (Å²) in [7, 11) is 2.24. The molecular weight excluding hydrogens is 378 g/mol. The highest BCUT2D eigenvalue weighted by molar-refractivity contribution is 9.10. The fourth-order valence-corrected chi connectivity index (χ4v) is 4.05. The van der Waals surface area contributed by atoms with Crippen molar-refractivity contribution in [1.82, 2.24) is 4.90 Å². The molecule has 0 aliphatic carbocycles. The first-order chi connectivity index (χ1) is 9.55. The van der Waals surface area contributed by atoms with Crippen molar-refractivity contribution >= 4 is 31.9 Å². The summed E-state index contributed by atoms with van der Waals surface area (Å²) in [5.74, 6) is 0. The van der Waals surface area contributed by atoms with E-state index in [9.17, 15) is 0 Å². The third-order valence-electron chi connectivity index (χ3n) is 3.82. The van der Waals surface area contributed by atoms with E-state index < -0.39 is 0 Å². The molecule has 0 saturated carbocycles. The Morgan fingerprint density at radius 1 is 1.05 bits per heavy atom. The van der Waals surface area contributed by atoms with Crippen molar-refractivity contribution in [3.05, 3.63) is 34.3 Å². The van der Waals surface area contributed by atoms with Gasteiger partial charge < -0.3 is 4.90 Å². The van der Waals surface area contributed by atoms with Crippen molar-refractivity contribution in [3.63, 3.8) is 0 Å². The zero-order chi connectivity index (χ0) is 15.0. The van der Waals surface area contributed by atoms with E-state index >= 15 is 0 Å². The Balaban J connectivity index is 2.65. The topological polar surface area (TPSA) is 3.24 Å². The monoisotopic (exact) mass is 403 g/mol. The molecule has 0 N–H and O–H groups in total. The van der Waals surface area contributed by atoms with Crippen LogP contribution in [0.25, 0.3) is 0 Å². The Labute approximate surface area is 141 Å². The first-order valence-corrected chi connectivity index (χ1v) is 9.45. The molecule has 1 rings (SSSR count). The largest absolute Gasteiger partial charge is 0.302 e. The van der Waals surface area contributed by atoms with Crippen molar-refractivity contribution in [1.29, 1.82) is 0 Å². The lowest BCUT2D eigenvalue weighted by molar-refractivity contribution is 0.166. The third kappa shape index (κ3) is 5.87. The smallest absolute Gasteiger partial charge is 0.0230 e. The Hall–Kier alpha value is 0.140. The predicted octanol–water partition coefficient (Wildman–Crippen LogP) is 5.86. The molecule has 0 atom stereocenters. The average molecular weight is 405 g/mol. The van der Waals surface area contributed by atoms with Gasteiger partial charge in [0.05, 0.1) is 0 Å². The number of alkyl halides is 1. The van der Waals surface area contributed by atoms with E-state index in [1.54, 1.807) is 0 Å². The summed E-state index contributed by atoms with van der Waals surface area (Å²) in [6.45, 7) is 6.77. The van der Waals surface area contributed by atoms with E-state index in [4.69, 9.17) is 0 Å². The van der Waals surface area contributed by atoms with Gasteiger partial charge in [-0.25, -0.2) is 0 Å². The molecule has 0 heterocycles. The van der Waals surface area contributed by atoms with Crippen molar-refractivity contribution in [2.24, 2.45) is 5.41 Å². The Morgan fingerprint density at radius 3 is 2.05 bits per heavy atom. The average Bonchev–Trinajstić information content (AvgIpc) is 2.42. The maximum absolute atomic E-state index is 3.77. The van der Waals surface area contributed by atoms with Crippen LogP contribution in [0.15, 0.2) is 28.7 Å². The Morgan fingerprint density at radius 2 is 1.60 bits per heavy atom. The summed E-state index contributed by atoms with van der Waals surface area (Å²) in [6.07, 6.45) is 5.13. The second-order valence-electron chi connectivity index (χ2n) is 5.93. The van der Waals surface area contributed by atoms with Crippen LogP contribution in [0, 0.1) is 5.41 Å². The van der Waals surface area contributed by atoms with Gasteiger partial charge >= 0.3 is 0 Å². The number of benzene rings is 1. The number of rotatable bonds is 9. The van der Waals surface area contributed by atoms with Gasteiger partial charge in [-0.2, -0.15) is 0 Å². The molecule has 1 nitrogen and oxygen atoms in total. The van der Waals surface area contributed by atoms with E-state index in [-0.39, 0.29) is 0 Å². The highest BCUT2D eigenvalue weighted by Gasteiger charge is 2.28. The lowest BCUT2D eigenvalue weighted by Crippen LogP contribution is -2.36. The van der Waals surface area contributed by atoms with Crippen LogP contribution in [0.5, 0.6) is 0 Å². The molecule has 0 unspecified atom stereocenters. The normalized spacial score (nSPS) is 12.1. The van der Waals surface area contributed by atoms with E-state index in [1.165, 1.54) is 31.2 Å². The van der Waals surface area contributed by atoms with Gasteiger partial charge in [-0.1, -0.05) is 70.7 Å². The molecule has 0 saturated heterocycles. The lowest BCUT2D eigenvalue weighted by atomic mass is 9.80. The number of hydrogen-bond acceptors (Lipinski definition) is 1. The number of hydrogen-bond donors (Lipinski definition) is 0. The minimum Gasteiger partial charge on any atom is -0.302 e. The fourth-order valence-electron chi connectivity index (χ4n) is 3.05. The second kappa shape index (κ2) is 9.22. The van der Waals surface area contributed by atoms with Crippen LogP contribution in [0.1, 0.15) is 45.1 Å². The number of nitrogens with zero attached hydrogens (tertiary/aromatic N) is 1. The molecule has 0 aromatic heterocycles. The minimum absolute atomic E-state index is 0.424. The van der Waals surface area contributed by atoms with Gasteiger partial charge in [-0.15, -0.1) is 0 Å². The zero-order valence-corrected chi connectivity index (χ0v) is 16.1. The van der Waals surface area contributed by atoms with Gasteiger partial charge in [-0.3, -0.25) is 0 Å². The van der Waals surface area contributed by atoms with E-state index in [2.05, 4.69) is 81.9 Å². The van der Waals surface area contributed by atoms with Crippen molar-refractivity contribution in [3.8, 4) is 0 Å². The molecule has 0 spiro atoms. The van der Waals surface area contributed by atoms with Crippen LogP contribution < -0.4 is 0 Å². The zero-order valence-electron chi connectivity index (χ0n) is 13.0. The molecule has 0 amide bonds. The molecule has 0 bridgehead atoms. The van der Waals surface area contributed by atoms with Gasteiger partial charge in [0.1, 0.15) is 0 Å². The van der Waals surface area contributed by atoms with Gasteiger partial charge in [0, 0.05) is 22.9 Å². The minimum atomic E-state index is 0.424. The van der Waals surface area contributed by atoms with Crippen LogP contribution in [0.3, 0.4) is 0 Å². The highest BCUT2D eigenvalue weighted by atomic mass is 79.9. The van der Waals surface area contributed by atoms with Crippen molar-refractivity contribution in [2.75, 3.05) is 18.9 Å². The summed E-state index contributed by atoms with van der Waals surface area (Å²) in [5.41, 5.74) is 1.81. The van der Waals surface area contributed by atoms with E-state index in [1.807, 2.05) is 0 Å². The molecule has 0 aliphatic rings. The highest BCUT2D eigenvalue weighted by Crippen LogP contribution is 2.33. The lowest BCUT2D eigenvalue weighted by Gasteiger charge is -2.36. The van der Waals surface area contributed by atoms with Crippen LogP contribution in [0.4, 0.5) is 0 Å². The Kier molecular flexibility index (Phi) is 8.38. The van der Waals surface area contributed by atoms with Crippen molar-refractivity contribution < 1.29 is 0 Å². The second-order valence-corrected chi connectivity index (χ2v) is 7.41. The fraction of sp³-hybridized carbons (Fsp3) is 0.647. The molecule has 0 fully saturated rings. The Bertz CT molecular complexity index is 369. The molecule has 0 radical (unpaired) electrons. The van der Waals surface area contributed by atoms with Crippen LogP contribution >= 0.6 is 31.9 Å². The first-order valence-electron chi connectivity index (χ1n) is 7.54. The van der Waals surface area contributed by atoms with Crippen LogP contribution in [0.2, 0.25) is 0 Å². The number of halogens is 2. The van der Waals surface area contributed by atoms with E-state index in [0.29, 0.717) is 5.41 Å². The van der Waals surface area contributed by atoms with Gasteiger partial charge in [-0.05, 0) is 43.0 Å². The summed E-state index contributed by atoms with van der Waals surface area (Å²) in [4.78, 5) is 2.47. The molecule has 3 heteroatoms. The molecular formula is C17H27Br2N. The molecule has 114 valence electrons. The van der Waals surface area contributed by atoms with Gasteiger partial charge in [0.2, 0.25) is 0 Å². The molecule has 1 aromatic carbocycles. The van der Waals surface area contributed by atoms with Gasteiger partial charge in [0.15, 0.2) is 0 Å². The summed E-state index contributed by atoms with van der Waals surface area (Å²) >= 11 is 7.26. The van der Waals surface area contributed by atoms with Crippen molar-refractivity contribution in [2.45, 2.75) is 46.1 Å².